The standard InChI is InChI=1S/C13H17NO2/c15-10-12-7-4-8-14(12)13(16)9-11-5-2-1-3-6-11/h1-3,5-6,12,15H,4,7-10H2/t12-/m1/s1. The Morgan fingerprint density at radius 3 is 2.81 bits per heavy atom. The quantitative estimate of drug-likeness (QED) is 0.830. The lowest BCUT2D eigenvalue weighted by Crippen LogP contribution is -2.38. The summed E-state index contributed by atoms with van der Waals surface area (Å²) < 4.78 is 0. The first-order valence-corrected chi connectivity index (χ1v) is 5.75. The molecule has 1 aliphatic rings. The SMILES string of the molecule is O=C(Cc1ccccc1)N1CCC[C@@H]1CO. The Hall–Kier alpha value is -1.35. The fourth-order valence-electron chi connectivity index (χ4n) is 2.23. The van der Waals surface area contributed by atoms with Gasteiger partial charge in [0.2, 0.25) is 5.91 Å². The van der Waals surface area contributed by atoms with Crippen molar-refractivity contribution in [1.82, 2.24) is 4.90 Å². The molecular formula is C13H17NO2. The minimum atomic E-state index is 0.0382. The third-order valence-electron chi connectivity index (χ3n) is 3.11. The monoisotopic (exact) mass is 219 g/mol. The molecule has 1 heterocycles. The molecule has 1 atom stereocenters. The van der Waals surface area contributed by atoms with Crippen molar-refractivity contribution in [2.75, 3.05) is 13.2 Å². The van der Waals surface area contributed by atoms with Gasteiger partial charge in [-0.05, 0) is 18.4 Å². The molecule has 1 N–H and O–H groups in total. The van der Waals surface area contributed by atoms with E-state index in [2.05, 4.69) is 0 Å². The molecule has 16 heavy (non-hydrogen) atoms. The lowest BCUT2D eigenvalue weighted by molar-refractivity contribution is -0.131. The van der Waals surface area contributed by atoms with E-state index in [1.807, 2.05) is 35.2 Å². The predicted octanol–water partition coefficient (Wildman–Crippen LogP) is 1.21. The van der Waals surface area contributed by atoms with Crippen molar-refractivity contribution in [3.63, 3.8) is 0 Å². The van der Waals surface area contributed by atoms with Gasteiger partial charge in [-0.2, -0.15) is 0 Å². The van der Waals surface area contributed by atoms with Crippen LogP contribution >= 0.6 is 0 Å². The number of likely N-dealkylation sites (tertiary alicyclic amines) is 1. The molecule has 1 aliphatic heterocycles. The molecule has 3 heteroatoms. The second-order valence-electron chi connectivity index (χ2n) is 4.23. The minimum Gasteiger partial charge on any atom is -0.394 e. The molecular weight excluding hydrogens is 202 g/mol. The molecule has 1 aromatic carbocycles. The van der Waals surface area contributed by atoms with Crippen LogP contribution < -0.4 is 0 Å². The van der Waals surface area contributed by atoms with Gasteiger partial charge in [-0.1, -0.05) is 30.3 Å². The molecule has 0 aromatic heterocycles. The van der Waals surface area contributed by atoms with Crippen LogP contribution in [0.3, 0.4) is 0 Å². The Labute approximate surface area is 95.7 Å². The van der Waals surface area contributed by atoms with Crippen molar-refractivity contribution in [2.24, 2.45) is 0 Å². The Bertz CT molecular complexity index is 350. The van der Waals surface area contributed by atoms with Crippen LogP contribution in [-0.4, -0.2) is 35.1 Å². The second-order valence-corrected chi connectivity index (χ2v) is 4.23. The second kappa shape index (κ2) is 5.12. The van der Waals surface area contributed by atoms with Gasteiger partial charge in [-0.15, -0.1) is 0 Å². The number of hydrogen-bond donors (Lipinski definition) is 1. The zero-order chi connectivity index (χ0) is 11.4. The van der Waals surface area contributed by atoms with E-state index in [1.54, 1.807) is 0 Å². The first-order valence-electron chi connectivity index (χ1n) is 5.75. The van der Waals surface area contributed by atoms with Gasteiger partial charge in [0.05, 0.1) is 19.1 Å². The van der Waals surface area contributed by atoms with E-state index in [1.165, 1.54) is 0 Å². The Morgan fingerprint density at radius 2 is 2.12 bits per heavy atom. The van der Waals surface area contributed by atoms with E-state index < -0.39 is 0 Å². The molecule has 1 aromatic rings. The molecule has 0 unspecified atom stereocenters. The fraction of sp³-hybridized carbons (Fsp3) is 0.462. The summed E-state index contributed by atoms with van der Waals surface area (Å²) in [5, 5.41) is 9.16. The average Bonchev–Trinajstić information content (AvgIpc) is 2.78. The number of nitrogens with zero attached hydrogens (tertiary/aromatic N) is 1. The van der Waals surface area contributed by atoms with Crippen LogP contribution in [0.25, 0.3) is 0 Å². The zero-order valence-electron chi connectivity index (χ0n) is 9.30. The van der Waals surface area contributed by atoms with Crippen LogP contribution in [0.5, 0.6) is 0 Å². The van der Waals surface area contributed by atoms with Crippen LogP contribution in [0.1, 0.15) is 18.4 Å². The maximum Gasteiger partial charge on any atom is 0.227 e. The van der Waals surface area contributed by atoms with Gasteiger partial charge in [0, 0.05) is 6.54 Å². The summed E-state index contributed by atoms with van der Waals surface area (Å²) in [5.74, 6) is 0.128. The van der Waals surface area contributed by atoms with Crippen molar-refractivity contribution < 1.29 is 9.90 Å². The Balaban J connectivity index is 1.98. The third kappa shape index (κ3) is 2.42. The zero-order valence-corrected chi connectivity index (χ0v) is 9.30. The maximum absolute atomic E-state index is 12.0. The largest absolute Gasteiger partial charge is 0.394 e. The molecule has 3 nitrogen and oxygen atoms in total. The highest BCUT2D eigenvalue weighted by Crippen LogP contribution is 2.18. The predicted molar refractivity (Wildman–Crippen MR) is 62.0 cm³/mol. The molecule has 0 aliphatic carbocycles. The van der Waals surface area contributed by atoms with Crippen LogP contribution in [0.2, 0.25) is 0 Å². The highest BCUT2D eigenvalue weighted by molar-refractivity contribution is 5.79. The Kier molecular flexibility index (Phi) is 3.57. The van der Waals surface area contributed by atoms with Crippen LogP contribution in [0.4, 0.5) is 0 Å². The van der Waals surface area contributed by atoms with Gasteiger partial charge < -0.3 is 10.0 Å². The third-order valence-corrected chi connectivity index (χ3v) is 3.11. The number of aliphatic hydroxyl groups is 1. The van der Waals surface area contributed by atoms with Crippen molar-refractivity contribution in [2.45, 2.75) is 25.3 Å². The van der Waals surface area contributed by atoms with Crippen molar-refractivity contribution in [3.05, 3.63) is 35.9 Å². The van der Waals surface area contributed by atoms with E-state index in [-0.39, 0.29) is 18.6 Å². The van der Waals surface area contributed by atoms with E-state index in [4.69, 9.17) is 5.11 Å². The molecule has 0 spiro atoms. The highest BCUT2D eigenvalue weighted by Gasteiger charge is 2.27. The minimum absolute atomic E-state index is 0.0382. The van der Waals surface area contributed by atoms with Crippen LogP contribution in [0, 0.1) is 0 Å². The summed E-state index contributed by atoms with van der Waals surface area (Å²) in [5.41, 5.74) is 1.04. The number of hydrogen-bond acceptors (Lipinski definition) is 2. The first kappa shape index (κ1) is 11.1. The number of rotatable bonds is 3. The lowest BCUT2D eigenvalue weighted by Gasteiger charge is -2.23. The van der Waals surface area contributed by atoms with Crippen molar-refractivity contribution in [3.8, 4) is 0 Å². The summed E-state index contributed by atoms with van der Waals surface area (Å²) in [6, 6.07) is 9.78. The number of benzene rings is 1. The number of aliphatic hydroxyl groups excluding tert-OH is 1. The van der Waals surface area contributed by atoms with E-state index in [9.17, 15) is 4.79 Å². The summed E-state index contributed by atoms with van der Waals surface area (Å²) >= 11 is 0. The van der Waals surface area contributed by atoms with Crippen LogP contribution in [-0.2, 0) is 11.2 Å². The molecule has 0 radical (unpaired) electrons. The number of carbonyl (C=O) groups excluding carboxylic acids is 1. The van der Waals surface area contributed by atoms with Gasteiger partial charge in [0.15, 0.2) is 0 Å². The van der Waals surface area contributed by atoms with Gasteiger partial charge in [0.25, 0.3) is 0 Å². The molecule has 2 rings (SSSR count). The smallest absolute Gasteiger partial charge is 0.227 e. The average molecular weight is 219 g/mol. The summed E-state index contributed by atoms with van der Waals surface area (Å²) in [6.07, 6.45) is 2.38. The molecule has 86 valence electrons. The van der Waals surface area contributed by atoms with Crippen molar-refractivity contribution in [1.29, 1.82) is 0 Å². The van der Waals surface area contributed by atoms with Gasteiger partial charge >= 0.3 is 0 Å². The van der Waals surface area contributed by atoms with E-state index >= 15 is 0 Å². The maximum atomic E-state index is 12.0. The summed E-state index contributed by atoms with van der Waals surface area (Å²) in [7, 11) is 0. The summed E-state index contributed by atoms with van der Waals surface area (Å²) in [6.45, 7) is 0.872. The molecule has 1 amide bonds. The van der Waals surface area contributed by atoms with Gasteiger partial charge in [-0.3, -0.25) is 4.79 Å². The summed E-state index contributed by atoms with van der Waals surface area (Å²) in [4.78, 5) is 13.8. The molecule has 1 fully saturated rings. The normalized spacial score (nSPS) is 20.1. The Morgan fingerprint density at radius 1 is 1.38 bits per heavy atom. The molecule has 0 saturated carbocycles. The van der Waals surface area contributed by atoms with E-state index in [0.29, 0.717) is 6.42 Å². The fourth-order valence-corrected chi connectivity index (χ4v) is 2.23. The lowest BCUT2D eigenvalue weighted by atomic mass is 10.1. The first-order chi connectivity index (χ1) is 7.81. The topological polar surface area (TPSA) is 40.5 Å². The molecule has 0 bridgehead atoms. The van der Waals surface area contributed by atoms with Crippen LogP contribution in [0.15, 0.2) is 30.3 Å². The molecule has 1 saturated heterocycles. The highest BCUT2D eigenvalue weighted by atomic mass is 16.3. The van der Waals surface area contributed by atoms with Crippen molar-refractivity contribution >= 4 is 5.91 Å². The number of carbonyl (C=O) groups is 1. The van der Waals surface area contributed by atoms with Gasteiger partial charge in [0.1, 0.15) is 0 Å². The van der Waals surface area contributed by atoms with Gasteiger partial charge in [-0.25, -0.2) is 0 Å². The number of amides is 1. The van der Waals surface area contributed by atoms with E-state index in [0.717, 1.165) is 24.9 Å².